The van der Waals surface area contributed by atoms with Crippen LogP contribution in [0.5, 0.6) is 5.75 Å². The summed E-state index contributed by atoms with van der Waals surface area (Å²) in [5, 5.41) is 7.41. The number of aromatic nitrogens is 2. The Morgan fingerprint density at radius 3 is 2.66 bits per heavy atom. The van der Waals surface area contributed by atoms with Gasteiger partial charge in [-0.25, -0.2) is 9.07 Å². The first-order valence-electron chi connectivity index (χ1n) is 8.96. The number of amides is 1. The summed E-state index contributed by atoms with van der Waals surface area (Å²) in [6.07, 6.45) is 7.29. The number of carbonyl (C=O) groups excluding carboxylic acids is 1. The Hall–Kier alpha value is -3.47. The van der Waals surface area contributed by atoms with Gasteiger partial charge in [0, 0.05) is 10.9 Å². The number of halogens is 3. The van der Waals surface area contributed by atoms with Crippen molar-refractivity contribution in [3.05, 3.63) is 53.3 Å². The molecule has 29 heavy (non-hydrogen) atoms. The number of rotatable bonds is 6. The van der Waals surface area contributed by atoms with Gasteiger partial charge in [0.05, 0.1) is 0 Å². The highest BCUT2D eigenvalue weighted by Gasteiger charge is 2.28. The van der Waals surface area contributed by atoms with Crippen LogP contribution in [0.3, 0.4) is 0 Å². The molecule has 0 aliphatic heterocycles. The van der Waals surface area contributed by atoms with E-state index in [1.807, 2.05) is 6.07 Å². The van der Waals surface area contributed by atoms with Gasteiger partial charge >= 0.3 is 6.61 Å². The summed E-state index contributed by atoms with van der Waals surface area (Å²) in [5.74, 6) is 1.84. The number of hydrogen-bond donors (Lipinski definition) is 1. The van der Waals surface area contributed by atoms with Gasteiger partial charge < -0.3 is 10.1 Å². The van der Waals surface area contributed by atoms with Crippen molar-refractivity contribution >= 4 is 22.6 Å². The monoisotopic (exact) mass is 399 g/mol. The largest absolute Gasteiger partial charge is 0.433 e. The van der Waals surface area contributed by atoms with Crippen LogP contribution in [0.1, 0.15) is 34.7 Å². The van der Waals surface area contributed by atoms with Crippen LogP contribution in [0.15, 0.2) is 36.4 Å². The summed E-state index contributed by atoms with van der Waals surface area (Å²) in [4.78, 5) is 12.6. The summed E-state index contributed by atoms with van der Waals surface area (Å²) >= 11 is 0. The molecule has 4 rings (SSSR count). The fourth-order valence-corrected chi connectivity index (χ4v) is 3.21. The number of anilines is 1. The molecular formula is C21H16F3N3O2. The molecule has 0 atom stereocenters. The van der Waals surface area contributed by atoms with Crippen molar-refractivity contribution in [2.24, 2.45) is 0 Å². The molecule has 148 valence electrons. The molecule has 8 heteroatoms. The summed E-state index contributed by atoms with van der Waals surface area (Å²) in [5.41, 5.74) is 1.35. The van der Waals surface area contributed by atoms with E-state index >= 15 is 0 Å². The fourth-order valence-electron chi connectivity index (χ4n) is 3.21. The Morgan fingerprint density at radius 1 is 1.31 bits per heavy atom. The third-order valence-electron chi connectivity index (χ3n) is 4.68. The van der Waals surface area contributed by atoms with Gasteiger partial charge in [-0.3, -0.25) is 4.79 Å². The van der Waals surface area contributed by atoms with E-state index in [-0.39, 0.29) is 35.1 Å². The first-order valence-corrected chi connectivity index (χ1v) is 8.96. The molecule has 0 radical (unpaired) electrons. The van der Waals surface area contributed by atoms with E-state index < -0.39 is 18.3 Å². The molecule has 1 amide bonds. The van der Waals surface area contributed by atoms with Gasteiger partial charge in [-0.05, 0) is 60.7 Å². The van der Waals surface area contributed by atoms with Crippen LogP contribution >= 0.6 is 0 Å². The second-order valence-electron chi connectivity index (χ2n) is 6.74. The van der Waals surface area contributed by atoms with Crippen LogP contribution in [-0.4, -0.2) is 22.3 Å². The van der Waals surface area contributed by atoms with E-state index in [4.69, 9.17) is 11.2 Å². The quantitative estimate of drug-likeness (QED) is 0.619. The summed E-state index contributed by atoms with van der Waals surface area (Å²) in [6, 6.07) is 8.41. The molecule has 0 saturated heterocycles. The maximum absolute atomic E-state index is 13.1. The molecule has 1 aliphatic rings. The SMILES string of the molecule is C#CCn1nc(NC(=O)c2ccc(F)cc2)c2cc(C3CC3)cc(OC(F)F)c21. The number of hydrogen-bond acceptors (Lipinski definition) is 3. The second-order valence-corrected chi connectivity index (χ2v) is 6.74. The van der Waals surface area contributed by atoms with Crippen LogP contribution in [0.25, 0.3) is 10.9 Å². The van der Waals surface area contributed by atoms with Crippen LogP contribution < -0.4 is 10.1 Å². The first-order chi connectivity index (χ1) is 14.0. The number of fused-ring (bicyclic) bond motifs is 1. The average Bonchev–Trinajstić information content (AvgIpc) is 3.47. The predicted molar refractivity (Wildman–Crippen MR) is 102 cm³/mol. The number of terminal acetylenes is 1. The Kier molecular flexibility index (Phi) is 4.89. The van der Waals surface area contributed by atoms with E-state index in [1.165, 1.54) is 28.9 Å². The van der Waals surface area contributed by atoms with Crippen molar-refractivity contribution in [2.45, 2.75) is 31.9 Å². The van der Waals surface area contributed by atoms with Crippen LogP contribution in [-0.2, 0) is 6.54 Å². The smallest absolute Gasteiger partial charge is 0.387 e. The number of nitrogens with zero attached hydrogens (tertiary/aromatic N) is 2. The number of alkyl halides is 2. The molecule has 0 spiro atoms. The molecule has 1 fully saturated rings. The van der Waals surface area contributed by atoms with E-state index in [9.17, 15) is 18.0 Å². The van der Waals surface area contributed by atoms with Gasteiger partial charge in [0.15, 0.2) is 11.6 Å². The minimum atomic E-state index is -3.01. The normalized spacial score (nSPS) is 13.5. The van der Waals surface area contributed by atoms with Gasteiger partial charge in [0.1, 0.15) is 17.9 Å². The zero-order valence-electron chi connectivity index (χ0n) is 15.2. The predicted octanol–water partition coefficient (Wildman–Crippen LogP) is 4.54. The summed E-state index contributed by atoms with van der Waals surface area (Å²) < 4.78 is 45.2. The highest BCUT2D eigenvalue weighted by Crippen LogP contribution is 2.44. The van der Waals surface area contributed by atoms with Crippen molar-refractivity contribution in [3.8, 4) is 18.1 Å². The zero-order chi connectivity index (χ0) is 20.5. The molecule has 1 N–H and O–H groups in total. The van der Waals surface area contributed by atoms with Crippen molar-refractivity contribution < 1.29 is 22.7 Å². The average molecular weight is 399 g/mol. The molecule has 1 heterocycles. The van der Waals surface area contributed by atoms with Crippen molar-refractivity contribution in [3.63, 3.8) is 0 Å². The van der Waals surface area contributed by atoms with Gasteiger partial charge in [-0.1, -0.05) is 5.92 Å². The number of carbonyl (C=O) groups is 1. The fraction of sp³-hybridized carbons (Fsp3) is 0.238. The molecule has 5 nitrogen and oxygen atoms in total. The lowest BCUT2D eigenvalue weighted by Crippen LogP contribution is -2.13. The highest BCUT2D eigenvalue weighted by molar-refractivity contribution is 6.08. The third kappa shape index (κ3) is 3.90. The maximum Gasteiger partial charge on any atom is 0.387 e. The van der Waals surface area contributed by atoms with Crippen molar-refractivity contribution in [2.75, 3.05) is 5.32 Å². The van der Waals surface area contributed by atoms with E-state index in [0.29, 0.717) is 5.39 Å². The van der Waals surface area contributed by atoms with E-state index in [1.54, 1.807) is 6.07 Å². The Labute approximate surface area is 164 Å². The molecule has 0 bridgehead atoms. The molecule has 2 aromatic carbocycles. The Balaban J connectivity index is 1.80. The van der Waals surface area contributed by atoms with Gasteiger partial charge in [0.25, 0.3) is 5.91 Å². The second kappa shape index (κ2) is 7.51. The third-order valence-corrected chi connectivity index (χ3v) is 4.68. The lowest BCUT2D eigenvalue weighted by molar-refractivity contribution is -0.0490. The molecule has 1 saturated carbocycles. The Morgan fingerprint density at radius 2 is 2.03 bits per heavy atom. The van der Waals surface area contributed by atoms with Crippen LogP contribution in [0.4, 0.5) is 19.0 Å². The first kappa shape index (κ1) is 18.9. The van der Waals surface area contributed by atoms with Crippen LogP contribution in [0, 0.1) is 18.2 Å². The van der Waals surface area contributed by atoms with Gasteiger partial charge in [-0.15, -0.1) is 6.42 Å². The lowest BCUT2D eigenvalue weighted by atomic mass is 10.1. The van der Waals surface area contributed by atoms with Crippen molar-refractivity contribution in [1.82, 2.24) is 9.78 Å². The molecular weight excluding hydrogens is 383 g/mol. The Bertz CT molecular complexity index is 1110. The van der Waals surface area contributed by atoms with E-state index in [0.717, 1.165) is 18.4 Å². The topological polar surface area (TPSA) is 56.2 Å². The van der Waals surface area contributed by atoms with Gasteiger partial charge in [0.2, 0.25) is 0 Å². The summed E-state index contributed by atoms with van der Waals surface area (Å²) in [6.45, 7) is -3.01. The highest BCUT2D eigenvalue weighted by atomic mass is 19.3. The zero-order valence-corrected chi connectivity index (χ0v) is 15.2. The summed E-state index contributed by atoms with van der Waals surface area (Å²) in [7, 11) is 0. The lowest BCUT2D eigenvalue weighted by Gasteiger charge is -2.10. The standard InChI is InChI=1S/C21H16F3N3O2/c1-2-9-27-18-16(10-14(12-3-4-12)11-17(18)29-21(23)24)19(26-27)25-20(28)13-5-7-15(22)8-6-13/h1,5-8,10-12,21H,3-4,9H2,(H,25,26,28). The maximum atomic E-state index is 13.1. The number of benzene rings is 2. The molecule has 1 aromatic heterocycles. The van der Waals surface area contributed by atoms with Gasteiger partial charge in [-0.2, -0.15) is 13.9 Å². The molecule has 1 aliphatic carbocycles. The number of nitrogens with one attached hydrogen (secondary N) is 1. The van der Waals surface area contributed by atoms with E-state index in [2.05, 4.69) is 16.3 Å². The minimum Gasteiger partial charge on any atom is -0.433 e. The van der Waals surface area contributed by atoms with Crippen LogP contribution in [0.2, 0.25) is 0 Å². The molecule has 0 unspecified atom stereocenters. The van der Waals surface area contributed by atoms with Crippen molar-refractivity contribution in [1.29, 1.82) is 0 Å². The number of ether oxygens (including phenoxy) is 1. The molecule has 3 aromatic rings. The minimum absolute atomic E-state index is 0.00525.